The monoisotopic (exact) mass is 478 g/mol. The number of carbonyl (C=O) groups is 1. The molecule has 0 amide bonds. The first kappa shape index (κ1) is 23.0. The summed E-state index contributed by atoms with van der Waals surface area (Å²) in [6.45, 7) is 6.01. The third-order valence-corrected chi connectivity index (χ3v) is 7.66. The van der Waals surface area contributed by atoms with Crippen LogP contribution in [0.1, 0.15) is 44.2 Å². The molecule has 2 aromatic rings. The predicted octanol–water partition coefficient (Wildman–Crippen LogP) is 5.68. The Labute approximate surface area is 195 Å². The molecule has 2 aromatic carbocycles. The molecule has 32 heavy (non-hydrogen) atoms. The van der Waals surface area contributed by atoms with E-state index in [0.717, 1.165) is 6.07 Å². The first-order chi connectivity index (χ1) is 14.9. The molecule has 1 spiro atoms. The molecule has 1 saturated carbocycles. The lowest BCUT2D eigenvalue weighted by molar-refractivity contribution is -0.139. The van der Waals surface area contributed by atoms with Gasteiger partial charge in [-0.1, -0.05) is 62.2 Å². The lowest BCUT2D eigenvalue weighted by Crippen LogP contribution is -2.47. The standard InChI is InChI=1S/C24H22Cl2F2N2O2/c1-22(2,3)17-10-24(17)23(11-29,12-7-8-14(25)16(27)9-12)18(20(30-24)21(31)32)13-5-4-6-15(26)19(13)28/h4-9,17-18,20,30H,10H2,1-3H3,(H,31,32)/t17-,18-,20+,23+,24?/m0/s1. The fourth-order valence-electron chi connectivity index (χ4n) is 5.70. The molecule has 1 heterocycles. The predicted molar refractivity (Wildman–Crippen MR) is 118 cm³/mol. The zero-order valence-corrected chi connectivity index (χ0v) is 19.2. The van der Waals surface area contributed by atoms with Gasteiger partial charge in [-0.2, -0.15) is 5.26 Å². The molecule has 1 unspecified atom stereocenters. The summed E-state index contributed by atoms with van der Waals surface area (Å²) in [5.74, 6) is -4.00. The Morgan fingerprint density at radius 2 is 1.91 bits per heavy atom. The number of hydrogen-bond donors (Lipinski definition) is 2. The third kappa shape index (κ3) is 3.06. The van der Waals surface area contributed by atoms with Gasteiger partial charge in [-0.05, 0) is 47.1 Å². The number of benzene rings is 2. The molecule has 8 heteroatoms. The van der Waals surface area contributed by atoms with Crippen molar-refractivity contribution in [2.24, 2.45) is 11.3 Å². The summed E-state index contributed by atoms with van der Waals surface area (Å²) in [4.78, 5) is 12.4. The Morgan fingerprint density at radius 3 is 2.44 bits per heavy atom. The lowest BCUT2D eigenvalue weighted by atomic mass is 9.62. The summed E-state index contributed by atoms with van der Waals surface area (Å²) < 4.78 is 29.9. The van der Waals surface area contributed by atoms with Crippen LogP contribution >= 0.6 is 23.2 Å². The van der Waals surface area contributed by atoms with E-state index in [0.29, 0.717) is 6.42 Å². The van der Waals surface area contributed by atoms with E-state index in [1.54, 1.807) is 0 Å². The van der Waals surface area contributed by atoms with Crippen molar-refractivity contribution in [3.05, 3.63) is 69.2 Å². The number of carboxylic acid groups (broad SMARTS) is 1. The SMILES string of the molecule is CC(C)(C)[C@@H]1CC12N[C@@H](C(=O)O)[C@H](c1cccc(Cl)c1F)[C@@]2(C#N)c1ccc(Cl)c(F)c1. The molecule has 1 saturated heterocycles. The summed E-state index contributed by atoms with van der Waals surface area (Å²) >= 11 is 11.9. The van der Waals surface area contributed by atoms with E-state index in [9.17, 15) is 19.6 Å². The normalized spacial score (nSPS) is 31.5. The van der Waals surface area contributed by atoms with Crippen LogP contribution in [0.5, 0.6) is 0 Å². The molecular formula is C24H22Cl2F2N2O2. The molecule has 1 aliphatic carbocycles. The highest BCUT2D eigenvalue weighted by Gasteiger charge is 2.78. The van der Waals surface area contributed by atoms with Crippen molar-refractivity contribution in [1.29, 1.82) is 5.26 Å². The maximum atomic E-state index is 15.3. The van der Waals surface area contributed by atoms with Crippen LogP contribution in [-0.2, 0) is 10.2 Å². The van der Waals surface area contributed by atoms with Gasteiger partial charge in [0.25, 0.3) is 0 Å². The van der Waals surface area contributed by atoms with Crippen molar-refractivity contribution in [3.8, 4) is 6.07 Å². The molecule has 2 N–H and O–H groups in total. The summed E-state index contributed by atoms with van der Waals surface area (Å²) in [5, 5.41) is 23.7. The van der Waals surface area contributed by atoms with Gasteiger partial charge < -0.3 is 5.11 Å². The number of rotatable bonds is 3. The molecule has 4 rings (SSSR count). The van der Waals surface area contributed by atoms with Crippen molar-refractivity contribution < 1.29 is 18.7 Å². The van der Waals surface area contributed by atoms with Crippen LogP contribution in [0.15, 0.2) is 36.4 Å². The van der Waals surface area contributed by atoms with Crippen molar-refractivity contribution in [3.63, 3.8) is 0 Å². The molecular weight excluding hydrogens is 457 g/mol. The highest BCUT2D eigenvalue weighted by molar-refractivity contribution is 6.31. The van der Waals surface area contributed by atoms with E-state index in [-0.39, 0.29) is 32.5 Å². The van der Waals surface area contributed by atoms with E-state index in [2.05, 4.69) is 11.4 Å². The van der Waals surface area contributed by atoms with E-state index < -0.39 is 40.5 Å². The zero-order valence-electron chi connectivity index (χ0n) is 17.7. The number of aliphatic carboxylic acids is 1. The number of halogens is 4. The van der Waals surface area contributed by atoms with Gasteiger partial charge in [0.15, 0.2) is 0 Å². The Kier molecular flexibility index (Phi) is 5.32. The van der Waals surface area contributed by atoms with Gasteiger partial charge in [-0.3, -0.25) is 10.1 Å². The minimum atomic E-state index is -1.58. The molecule has 2 aliphatic rings. The van der Waals surface area contributed by atoms with E-state index in [4.69, 9.17) is 23.2 Å². The van der Waals surface area contributed by atoms with Crippen molar-refractivity contribution >= 4 is 29.2 Å². The fraction of sp³-hybridized carbons (Fsp3) is 0.417. The average molecular weight is 479 g/mol. The first-order valence-corrected chi connectivity index (χ1v) is 11.0. The summed E-state index contributed by atoms with van der Waals surface area (Å²) in [6, 6.07) is 9.39. The summed E-state index contributed by atoms with van der Waals surface area (Å²) in [7, 11) is 0. The molecule has 5 atom stereocenters. The largest absolute Gasteiger partial charge is 0.480 e. The minimum absolute atomic E-state index is 0.00532. The average Bonchev–Trinajstić information content (AvgIpc) is 3.38. The second-order valence-electron chi connectivity index (χ2n) is 9.72. The van der Waals surface area contributed by atoms with Crippen LogP contribution in [0, 0.1) is 34.3 Å². The summed E-state index contributed by atoms with van der Waals surface area (Å²) in [6.07, 6.45) is 0.483. The van der Waals surface area contributed by atoms with Crippen LogP contribution in [0.3, 0.4) is 0 Å². The quantitative estimate of drug-likeness (QED) is 0.595. The maximum Gasteiger partial charge on any atom is 0.321 e. The molecule has 0 radical (unpaired) electrons. The van der Waals surface area contributed by atoms with Crippen molar-refractivity contribution in [2.75, 3.05) is 0 Å². The fourth-order valence-corrected chi connectivity index (χ4v) is 6.00. The number of nitrogens with one attached hydrogen (secondary N) is 1. The van der Waals surface area contributed by atoms with Gasteiger partial charge in [0, 0.05) is 11.5 Å². The minimum Gasteiger partial charge on any atom is -0.480 e. The lowest BCUT2D eigenvalue weighted by Gasteiger charge is -2.37. The first-order valence-electron chi connectivity index (χ1n) is 10.2. The van der Waals surface area contributed by atoms with E-state index >= 15 is 4.39 Å². The Bertz CT molecular complexity index is 1160. The molecule has 1 aliphatic heterocycles. The maximum absolute atomic E-state index is 15.3. The van der Waals surface area contributed by atoms with Gasteiger partial charge >= 0.3 is 5.97 Å². The molecule has 2 fully saturated rings. The Balaban J connectivity index is 2.07. The summed E-state index contributed by atoms with van der Waals surface area (Å²) in [5.41, 5.74) is -2.60. The van der Waals surface area contributed by atoms with E-state index in [1.165, 1.54) is 30.3 Å². The number of carboxylic acids is 1. The third-order valence-electron chi connectivity index (χ3n) is 7.06. The highest BCUT2D eigenvalue weighted by Crippen LogP contribution is 2.70. The molecule has 168 valence electrons. The van der Waals surface area contributed by atoms with E-state index in [1.807, 2.05) is 20.8 Å². The smallest absolute Gasteiger partial charge is 0.321 e. The highest BCUT2D eigenvalue weighted by atomic mass is 35.5. The van der Waals surface area contributed by atoms with Gasteiger partial charge in [-0.25, -0.2) is 8.78 Å². The van der Waals surface area contributed by atoms with Gasteiger partial charge in [0.1, 0.15) is 23.1 Å². The zero-order chi connectivity index (χ0) is 23.6. The van der Waals surface area contributed by atoms with Crippen LogP contribution in [0.25, 0.3) is 0 Å². The van der Waals surface area contributed by atoms with Crippen molar-refractivity contribution in [1.82, 2.24) is 5.32 Å². The van der Waals surface area contributed by atoms with Gasteiger partial charge in [0.2, 0.25) is 0 Å². The molecule has 0 bridgehead atoms. The van der Waals surface area contributed by atoms with Crippen LogP contribution in [0.4, 0.5) is 8.78 Å². The van der Waals surface area contributed by atoms with Gasteiger partial charge in [0.05, 0.1) is 16.1 Å². The second-order valence-corrected chi connectivity index (χ2v) is 10.5. The Morgan fingerprint density at radius 1 is 1.22 bits per heavy atom. The van der Waals surface area contributed by atoms with Crippen LogP contribution < -0.4 is 5.32 Å². The van der Waals surface area contributed by atoms with Crippen LogP contribution in [0.2, 0.25) is 10.0 Å². The second kappa shape index (κ2) is 7.41. The van der Waals surface area contributed by atoms with Crippen LogP contribution in [-0.4, -0.2) is 22.7 Å². The van der Waals surface area contributed by atoms with Crippen molar-refractivity contribution in [2.45, 2.75) is 50.1 Å². The Hall–Kier alpha value is -2.20. The topological polar surface area (TPSA) is 73.1 Å². The number of hydrogen-bond acceptors (Lipinski definition) is 3. The number of nitrogens with zero attached hydrogens (tertiary/aromatic N) is 1. The number of nitriles is 1. The van der Waals surface area contributed by atoms with Gasteiger partial charge in [-0.15, -0.1) is 0 Å². The molecule has 0 aromatic heterocycles. The molecule has 4 nitrogen and oxygen atoms in total.